The number of sulfone groups is 1. The van der Waals surface area contributed by atoms with E-state index in [4.69, 9.17) is 4.98 Å². The molecule has 2 heterocycles. The summed E-state index contributed by atoms with van der Waals surface area (Å²) in [7, 11) is -1.34. The van der Waals surface area contributed by atoms with Gasteiger partial charge in [0.2, 0.25) is 0 Å². The molecule has 0 atom stereocenters. The first-order valence-corrected chi connectivity index (χ1v) is 12.3. The minimum atomic E-state index is -3.16. The molecular weight excluding hydrogens is 428 g/mol. The molecule has 1 N–H and O–H groups in total. The third-order valence-corrected chi connectivity index (χ3v) is 5.93. The van der Waals surface area contributed by atoms with Gasteiger partial charge in [0.25, 0.3) is 5.91 Å². The van der Waals surface area contributed by atoms with Crippen molar-refractivity contribution in [2.24, 2.45) is 12.5 Å². The molecule has 3 aromatic rings. The molecule has 0 radical (unpaired) electrons. The molecular formula is C23H28N4O4S. The Morgan fingerprint density at radius 1 is 1.16 bits per heavy atom. The fourth-order valence-electron chi connectivity index (χ4n) is 3.36. The number of hydrogen-bond acceptors (Lipinski definition) is 6. The molecule has 0 saturated carbocycles. The number of hydrogen-bond donors (Lipinski definition) is 1. The smallest absolute Gasteiger partial charge is 0.251 e. The van der Waals surface area contributed by atoms with E-state index in [1.807, 2.05) is 40.8 Å². The average molecular weight is 457 g/mol. The van der Waals surface area contributed by atoms with Crippen LogP contribution in [0.15, 0.2) is 30.6 Å². The second-order valence-electron chi connectivity index (χ2n) is 9.13. The Labute approximate surface area is 188 Å². The van der Waals surface area contributed by atoms with Crippen LogP contribution in [0.2, 0.25) is 0 Å². The van der Waals surface area contributed by atoms with E-state index in [1.165, 1.54) is 0 Å². The van der Waals surface area contributed by atoms with Gasteiger partial charge in [-0.3, -0.25) is 9.59 Å². The van der Waals surface area contributed by atoms with Gasteiger partial charge in [0.15, 0.2) is 11.4 Å². The van der Waals surface area contributed by atoms with Crippen LogP contribution in [0.5, 0.6) is 0 Å². The van der Waals surface area contributed by atoms with E-state index in [2.05, 4.69) is 10.3 Å². The Morgan fingerprint density at radius 3 is 2.47 bits per heavy atom. The largest absolute Gasteiger partial charge is 0.351 e. The summed E-state index contributed by atoms with van der Waals surface area (Å²) < 4.78 is 24.4. The van der Waals surface area contributed by atoms with Crippen LogP contribution in [0, 0.1) is 12.3 Å². The maximum Gasteiger partial charge on any atom is 0.251 e. The Balaban J connectivity index is 2.00. The van der Waals surface area contributed by atoms with E-state index < -0.39 is 15.3 Å². The number of aromatic nitrogens is 3. The first-order chi connectivity index (χ1) is 14.8. The van der Waals surface area contributed by atoms with E-state index in [-0.39, 0.29) is 24.0 Å². The summed E-state index contributed by atoms with van der Waals surface area (Å²) in [6.07, 6.45) is 4.49. The fourth-order valence-corrected chi connectivity index (χ4v) is 3.83. The maximum absolute atomic E-state index is 12.9. The lowest BCUT2D eigenvalue weighted by molar-refractivity contribution is 0.0859. The van der Waals surface area contributed by atoms with E-state index in [0.717, 1.165) is 11.8 Å². The average Bonchev–Trinajstić information content (AvgIpc) is 3.01. The molecule has 3 rings (SSSR count). The van der Waals surface area contributed by atoms with Gasteiger partial charge in [-0.25, -0.2) is 18.4 Å². The molecule has 0 fully saturated rings. The van der Waals surface area contributed by atoms with E-state index in [9.17, 15) is 18.0 Å². The third kappa shape index (κ3) is 5.21. The predicted octanol–water partition coefficient (Wildman–Crippen LogP) is 2.95. The second kappa shape index (κ2) is 8.46. The molecule has 0 spiro atoms. The second-order valence-corrected chi connectivity index (χ2v) is 11.4. The van der Waals surface area contributed by atoms with Gasteiger partial charge < -0.3 is 9.88 Å². The monoisotopic (exact) mass is 456 g/mol. The summed E-state index contributed by atoms with van der Waals surface area (Å²) in [5, 5.41) is 2.63. The number of nitrogens with zero attached hydrogens (tertiary/aromatic N) is 3. The van der Waals surface area contributed by atoms with Gasteiger partial charge in [-0.2, -0.15) is 0 Å². The number of amides is 1. The lowest BCUT2D eigenvalue weighted by atomic mass is 9.87. The van der Waals surface area contributed by atoms with Gasteiger partial charge >= 0.3 is 0 Å². The molecule has 2 aromatic heterocycles. The Kier molecular flexibility index (Phi) is 6.24. The van der Waals surface area contributed by atoms with Crippen LogP contribution in [0.3, 0.4) is 0 Å². The molecule has 0 bridgehead atoms. The number of nitrogens with one attached hydrogen (secondary N) is 1. The van der Waals surface area contributed by atoms with Crippen molar-refractivity contribution in [2.45, 2.75) is 27.7 Å². The van der Waals surface area contributed by atoms with Crippen molar-refractivity contribution in [3.63, 3.8) is 0 Å². The highest BCUT2D eigenvalue weighted by atomic mass is 32.2. The van der Waals surface area contributed by atoms with Crippen molar-refractivity contribution in [1.82, 2.24) is 19.9 Å². The van der Waals surface area contributed by atoms with Crippen LogP contribution in [0.25, 0.3) is 22.4 Å². The van der Waals surface area contributed by atoms with Crippen molar-refractivity contribution in [2.75, 3.05) is 18.6 Å². The van der Waals surface area contributed by atoms with Gasteiger partial charge in [0, 0.05) is 42.6 Å². The highest BCUT2D eigenvalue weighted by Crippen LogP contribution is 2.28. The van der Waals surface area contributed by atoms with Crippen LogP contribution in [0.1, 0.15) is 47.1 Å². The summed E-state index contributed by atoms with van der Waals surface area (Å²) >= 11 is 0. The van der Waals surface area contributed by atoms with Crippen LogP contribution in [-0.2, 0) is 16.9 Å². The maximum atomic E-state index is 12.9. The van der Waals surface area contributed by atoms with E-state index in [0.29, 0.717) is 33.5 Å². The van der Waals surface area contributed by atoms with Crippen LogP contribution in [0.4, 0.5) is 0 Å². The topological polar surface area (TPSA) is 111 Å². The summed E-state index contributed by atoms with van der Waals surface area (Å²) in [5.41, 5.74) is 3.54. The third-order valence-electron chi connectivity index (χ3n) is 4.98. The molecule has 8 nitrogen and oxygen atoms in total. The molecule has 1 amide bonds. The number of aryl methyl sites for hydroxylation is 2. The molecule has 9 heteroatoms. The Morgan fingerprint density at radius 2 is 1.84 bits per heavy atom. The number of ketones is 1. The number of fused-ring (bicyclic) bond motifs is 1. The van der Waals surface area contributed by atoms with Gasteiger partial charge in [0.05, 0.1) is 23.2 Å². The minimum absolute atomic E-state index is 0.0234. The summed E-state index contributed by atoms with van der Waals surface area (Å²) in [5.74, 6) is -0.515. The molecule has 0 aliphatic heterocycles. The Bertz CT molecular complexity index is 1320. The van der Waals surface area contributed by atoms with E-state index >= 15 is 0 Å². The standard InChI is InChI=1S/C23H28N4O4S/c1-14-9-15(11-16(10-14)22(29)24-7-8-32(6,30)31)18-12-25-21-19(26-18)17(13-27(21)5)20(28)23(2,3)4/h9-13H,7-8H2,1-6H3,(H,24,29). The number of benzene rings is 1. The fraction of sp³-hybridized carbons (Fsp3) is 0.391. The van der Waals surface area contributed by atoms with Crippen LogP contribution in [-0.4, -0.2) is 53.2 Å². The lowest BCUT2D eigenvalue weighted by Gasteiger charge is -2.15. The molecule has 0 unspecified atom stereocenters. The summed E-state index contributed by atoms with van der Waals surface area (Å²) in [4.78, 5) is 34.7. The highest BCUT2D eigenvalue weighted by molar-refractivity contribution is 7.90. The van der Waals surface area contributed by atoms with Gasteiger partial charge in [-0.1, -0.05) is 20.8 Å². The number of rotatable bonds is 6. The van der Waals surface area contributed by atoms with Gasteiger partial charge in [-0.05, 0) is 30.7 Å². The Hall–Kier alpha value is -3.07. The lowest BCUT2D eigenvalue weighted by Crippen LogP contribution is -2.28. The van der Waals surface area contributed by atoms with Crippen molar-refractivity contribution >= 4 is 32.7 Å². The molecule has 0 saturated heterocycles. The normalized spacial score (nSPS) is 12.2. The zero-order valence-electron chi connectivity index (χ0n) is 19.2. The molecule has 1 aromatic carbocycles. The van der Waals surface area contributed by atoms with Gasteiger partial charge in [-0.15, -0.1) is 0 Å². The minimum Gasteiger partial charge on any atom is -0.351 e. The molecule has 0 aliphatic rings. The number of Topliss-reactive ketones (excluding diaryl/α,β-unsaturated/α-hetero) is 1. The van der Waals surface area contributed by atoms with E-state index in [1.54, 1.807) is 29.1 Å². The van der Waals surface area contributed by atoms with Crippen molar-refractivity contribution in [1.29, 1.82) is 0 Å². The quantitative estimate of drug-likeness (QED) is 0.571. The zero-order chi connectivity index (χ0) is 23.8. The van der Waals surface area contributed by atoms with Crippen molar-refractivity contribution in [3.8, 4) is 11.3 Å². The molecule has 32 heavy (non-hydrogen) atoms. The van der Waals surface area contributed by atoms with Crippen molar-refractivity contribution in [3.05, 3.63) is 47.3 Å². The SMILES string of the molecule is Cc1cc(C(=O)NCCS(C)(=O)=O)cc(-c2cnc3c(n2)c(C(=O)C(C)(C)C)cn3C)c1. The zero-order valence-corrected chi connectivity index (χ0v) is 20.0. The van der Waals surface area contributed by atoms with Crippen LogP contribution >= 0.6 is 0 Å². The highest BCUT2D eigenvalue weighted by Gasteiger charge is 2.27. The first kappa shape index (κ1) is 23.6. The van der Waals surface area contributed by atoms with Crippen LogP contribution < -0.4 is 5.32 Å². The molecule has 0 aliphatic carbocycles. The van der Waals surface area contributed by atoms with Gasteiger partial charge in [0.1, 0.15) is 15.4 Å². The summed E-state index contributed by atoms with van der Waals surface area (Å²) in [6.45, 7) is 7.48. The first-order valence-electron chi connectivity index (χ1n) is 10.2. The molecule has 170 valence electrons. The predicted molar refractivity (Wildman–Crippen MR) is 125 cm³/mol. The summed E-state index contributed by atoms with van der Waals surface area (Å²) in [6, 6.07) is 5.30. The number of carbonyl (C=O) groups excluding carboxylic acids is 2. The number of carbonyl (C=O) groups is 2. The van der Waals surface area contributed by atoms with Crippen molar-refractivity contribution < 1.29 is 18.0 Å².